The summed E-state index contributed by atoms with van der Waals surface area (Å²) in [5.74, 6) is 1.91. The maximum Gasteiger partial charge on any atom is 0.00721 e. The molecule has 88 valence electrons. The second-order valence-corrected chi connectivity index (χ2v) is 6.10. The summed E-state index contributed by atoms with van der Waals surface area (Å²) >= 11 is 0. The fourth-order valence-corrected chi connectivity index (χ4v) is 3.50. The van der Waals surface area contributed by atoms with Crippen molar-refractivity contribution in [3.63, 3.8) is 0 Å². The summed E-state index contributed by atoms with van der Waals surface area (Å²) in [7, 11) is 0. The second kappa shape index (κ2) is 5.34. The van der Waals surface area contributed by atoms with E-state index in [1.807, 2.05) is 0 Å². The third-order valence-corrected chi connectivity index (χ3v) is 4.34. The van der Waals surface area contributed by atoms with Crippen LogP contribution in [0.25, 0.3) is 0 Å². The smallest absolute Gasteiger partial charge is 0.00721 e. The van der Waals surface area contributed by atoms with E-state index in [-0.39, 0.29) is 0 Å². The Morgan fingerprint density at radius 1 is 0.733 bits per heavy atom. The van der Waals surface area contributed by atoms with Gasteiger partial charge in [-0.1, -0.05) is 39.5 Å². The van der Waals surface area contributed by atoms with E-state index in [0.717, 1.165) is 23.9 Å². The zero-order valence-electron chi connectivity index (χ0n) is 10.5. The first kappa shape index (κ1) is 11.4. The van der Waals surface area contributed by atoms with Gasteiger partial charge in [-0.15, -0.1) is 0 Å². The van der Waals surface area contributed by atoms with Crippen LogP contribution < -0.4 is 5.32 Å². The molecule has 0 unspecified atom stereocenters. The van der Waals surface area contributed by atoms with Gasteiger partial charge in [-0.25, -0.2) is 0 Å². The van der Waals surface area contributed by atoms with Gasteiger partial charge in [0.25, 0.3) is 0 Å². The summed E-state index contributed by atoms with van der Waals surface area (Å²) in [6.45, 7) is 4.83. The van der Waals surface area contributed by atoms with E-state index in [1.165, 1.54) is 51.4 Å². The molecule has 2 rings (SSSR count). The van der Waals surface area contributed by atoms with Crippen LogP contribution in [0, 0.1) is 11.8 Å². The monoisotopic (exact) mass is 209 g/mol. The average Bonchev–Trinajstić information content (AvgIpc) is 2.17. The van der Waals surface area contributed by atoms with Gasteiger partial charge in [-0.2, -0.15) is 0 Å². The molecule has 1 nitrogen and oxygen atoms in total. The number of nitrogens with one attached hydrogen (secondary N) is 1. The maximum absolute atomic E-state index is 3.92. The molecule has 0 spiro atoms. The first-order valence-corrected chi connectivity index (χ1v) is 7.00. The van der Waals surface area contributed by atoms with E-state index in [1.54, 1.807) is 0 Å². The Morgan fingerprint density at radius 3 is 1.60 bits per heavy atom. The molecule has 4 atom stereocenters. The second-order valence-electron chi connectivity index (χ2n) is 6.10. The molecule has 2 aliphatic rings. The molecule has 1 N–H and O–H groups in total. The molecule has 0 aromatic rings. The van der Waals surface area contributed by atoms with Gasteiger partial charge < -0.3 is 5.32 Å². The van der Waals surface area contributed by atoms with Crippen LogP contribution in [0.1, 0.15) is 65.2 Å². The molecule has 0 heterocycles. The lowest BCUT2D eigenvalue weighted by Crippen LogP contribution is -2.42. The minimum atomic E-state index is 0.837. The lowest BCUT2D eigenvalue weighted by molar-refractivity contribution is 0.232. The van der Waals surface area contributed by atoms with E-state index in [9.17, 15) is 0 Å². The molecule has 1 heteroatoms. The predicted octanol–water partition coefficient (Wildman–Crippen LogP) is 3.73. The molecule has 0 aliphatic heterocycles. The Balaban J connectivity index is 1.75. The van der Waals surface area contributed by atoms with Crippen LogP contribution in [0.3, 0.4) is 0 Å². The number of hydrogen-bond acceptors (Lipinski definition) is 1. The highest BCUT2D eigenvalue weighted by Crippen LogP contribution is 2.27. The topological polar surface area (TPSA) is 12.0 Å². The van der Waals surface area contributed by atoms with Crippen LogP contribution in [0.5, 0.6) is 0 Å². The number of rotatable bonds is 2. The lowest BCUT2D eigenvalue weighted by Gasteiger charge is -2.34. The van der Waals surface area contributed by atoms with E-state index in [2.05, 4.69) is 19.2 Å². The van der Waals surface area contributed by atoms with Crippen molar-refractivity contribution in [1.29, 1.82) is 0 Å². The van der Waals surface area contributed by atoms with Gasteiger partial charge in [-0.3, -0.25) is 0 Å². The molecular weight excluding hydrogens is 182 g/mol. The molecule has 0 aromatic heterocycles. The predicted molar refractivity (Wildman–Crippen MR) is 66.0 cm³/mol. The van der Waals surface area contributed by atoms with Crippen LogP contribution in [-0.4, -0.2) is 12.1 Å². The quantitative estimate of drug-likeness (QED) is 0.730. The largest absolute Gasteiger partial charge is 0.311 e. The summed E-state index contributed by atoms with van der Waals surface area (Å²) < 4.78 is 0. The van der Waals surface area contributed by atoms with E-state index in [4.69, 9.17) is 0 Å². The summed E-state index contributed by atoms with van der Waals surface area (Å²) in [4.78, 5) is 0. The van der Waals surface area contributed by atoms with E-state index >= 15 is 0 Å². The molecule has 2 fully saturated rings. The van der Waals surface area contributed by atoms with E-state index < -0.39 is 0 Å². The highest BCUT2D eigenvalue weighted by molar-refractivity contribution is 4.82. The first-order valence-electron chi connectivity index (χ1n) is 7.00. The molecule has 0 bridgehead atoms. The summed E-state index contributed by atoms with van der Waals surface area (Å²) in [6, 6.07) is 1.67. The zero-order chi connectivity index (χ0) is 10.7. The van der Waals surface area contributed by atoms with Crippen LogP contribution in [0.2, 0.25) is 0 Å². The van der Waals surface area contributed by atoms with Crippen LogP contribution in [0.4, 0.5) is 0 Å². The van der Waals surface area contributed by atoms with Crippen LogP contribution >= 0.6 is 0 Å². The minimum Gasteiger partial charge on any atom is -0.311 e. The van der Waals surface area contributed by atoms with Crippen molar-refractivity contribution in [3.05, 3.63) is 0 Å². The maximum atomic E-state index is 3.92. The van der Waals surface area contributed by atoms with Gasteiger partial charge in [0.1, 0.15) is 0 Å². The van der Waals surface area contributed by atoms with Gasteiger partial charge >= 0.3 is 0 Å². The van der Waals surface area contributed by atoms with Gasteiger partial charge in [0, 0.05) is 12.1 Å². The van der Waals surface area contributed by atoms with Crippen molar-refractivity contribution in [2.24, 2.45) is 11.8 Å². The Hall–Kier alpha value is -0.0400. The fourth-order valence-electron chi connectivity index (χ4n) is 3.50. The molecular formula is C14H27N. The highest BCUT2D eigenvalue weighted by Gasteiger charge is 2.24. The minimum absolute atomic E-state index is 0.837. The van der Waals surface area contributed by atoms with Crippen molar-refractivity contribution in [1.82, 2.24) is 5.32 Å². The Bertz CT molecular complexity index is 170. The van der Waals surface area contributed by atoms with Crippen molar-refractivity contribution in [3.8, 4) is 0 Å². The molecule has 2 saturated carbocycles. The van der Waals surface area contributed by atoms with Crippen molar-refractivity contribution in [2.75, 3.05) is 0 Å². The highest BCUT2D eigenvalue weighted by atomic mass is 15.0. The van der Waals surface area contributed by atoms with Gasteiger partial charge in [-0.05, 0) is 37.5 Å². The Kier molecular flexibility index (Phi) is 4.07. The van der Waals surface area contributed by atoms with Crippen LogP contribution in [-0.2, 0) is 0 Å². The Morgan fingerprint density at radius 2 is 1.20 bits per heavy atom. The average molecular weight is 209 g/mol. The summed E-state index contributed by atoms with van der Waals surface area (Å²) in [5, 5.41) is 3.92. The third kappa shape index (κ3) is 3.48. The number of hydrogen-bond donors (Lipinski definition) is 1. The molecule has 0 aromatic carbocycles. The molecule has 0 radical (unpaired) electrons. The lowest BCUT2D eigenvalue weighted by atomic mass is 9.83. The van der Waals surface area contributed by atoms with Crippen molar-refractivity contribution >= 4 is 0 Å². The normalized spacial score (nSPS) is 42.8. The summed E-state index contributed by atoms with van der Waals surface area (Å²) in [6.07, 6.45) is 11.5. The summed E-state index contributed by atoms with van der Waals surface area (Å²) in [5.41, 5.74) is 0. The van der Waals surface area contributed by atoms with Gasteiger partial charge in [0.2, 0.25) is 0 Å². The third-order valence-electron chi connectivity index (χ3n) is 4.34. The van der Waals surface area contributed by atoms with Gasteiger partial charge in [0.15, 0.2) is 0 Å². The van der Waals surface area contributed by atoms with Gasteiger partial charge in [0.05, 0.1) is 0 Å². The molecule has 2 aliphatic carbocycles. The van der Waals surface area contributed by atoms with Crippen LogP contribution in [0.15, 0.2) is 0 Å². The standard InChI is InChI=1S/C14H27N/c1-11-5-3-7-13(9-11)15-14-8-4-6-12(2)10-14/h11-15H,3-10H2,1-2H3/t11-,12+,13-,14+. The molecule has 0 amide bonds. The zero-order valence-corrected chi connectivity index (χ0v) is 10.5. The molecule has 0 saturated heterocycles. The Labute approximate surface area is 95.0 Å². The fraction of sp³-hybridized carbons (Fsp3) is 1.00. The van der Waals surface area contributed by atoms with Crippen molar-refractivity contribution in [2.45, 2.75) is 77.3 Å². The molecule has 15 heavy (non-hydrogen) atoms. The van der Waals surface area contributed by atoms with E-state index in [0.29, 0.717) is 0 Å². The first-order chi connectivity index (χ1) is 7.24. The van der Waals surface area contributed by atoms with Crippen molar-refractivity contribution < 1.29 is 0 Å². The SMILES string of the molecule is C[C@@H]1CCC[C@@H](N[C@H]2CCC[C@H](C)C2)C1.